The van der Waals surface area contributed by atoms with Gasteiger partial charge in [0.15, 0.2) is 18.1 Å². The van der Waals surface area contributed by atoms with Crippen molar-refractivity contribution in [3.05, 3.63) is 92.4 Å². The van der Waals surface area contributed by atoms with Crippen LogP contribution in [0.15, 0.2) is 76.6 Å². The molecule has 1 fully saturated rings. The second-order valence-electron chi connectivity index (χ2n) is 10.5. The number of benzene rings is 3. The van der Waals surface area contributed by atoms with E-state index in [1.165, 1.54) is 19.2 Å². The summed E-state index contributed by atoms with van der Waals surface area (Å²) in [5, 5.41) is 1.99. The number of methoxy groups -OCH3 is 1. The lowest BCUT2D eigenvalue weighted by atomic mass is 9.83. The van der Waals surface area contributed by atoms with Crippen molar-refractivity contribution in [3.63, 3.8) is 0 Å². The number of nitrogens with one attached hydrogen (secondary N) is 2. The fourth-order valence-corrected chi connectivity index (χ4v) is 8.16. The number of imide groups is 1. The van der Waals surface area contributed by atoms with E-state index in [-0.39, 0.29) is 24.7 Å². The summed E-state index contributed by atoms with van der Waals surface area (Å²) in [7, 11) is 1.53. The smallest absolute Gasteiger partial charge is 0.418 e. The zero-order valence-corrected chi connectivity index (χ0v) is 26.4. The Hall–Kier alpha value is -4.76. The first-order chi connectivity index (χ1) is 22.5. The maximum absolute atomic E-state index is 14.0. The van der Waals surface area contributed by atoms with Gasteiger partial charge in [0.05, 0.1) is 35.9 Å². The Bertz CT molecular complexity index is 1910. The molecule has 3 aromatic carbocycles. The number of aromatic amines is 1. The second-order valence-corrected chi connectivity index (χ2v) is 12.6. The van der Waals surface area contributed by atoms with E-state index in [1.807, 2.05) is 0 Å². The molecule has 1 aromatic heterocycles. The Morgan fingerprint density at radius 3 is 2.43 bits per heavy atom. The molecule has 3 amide bonds. The van der Waals surface area contributed by atoms with Crippen LogP contribution in [-0.2, 0) is 20.6 Å². The Kier molecular flexibility index (Phi) is 8.76. The minimum atomic E-state index is -4.81. The zero-order chi connectivity index (χ0) is 33.5. The highest BCUT2D eigenvalue weighted by atomic mass is 32.2. The van der Waals surface area contributed by atoms with E-state index in [0.717, 1.165) is 35.2 Å². The van der Waals surface area contributed by atoms with Crippen LogP contribution in [0.4, 0.5) is 24.5 Å². The molecular formula is C32H26F3N3O7S2. The largest absolute Gasteiger partial charge is 0.497 e. The fraction of sp³-hybridized carbons (Fsp3) is 0.250. The van der Waals surface area contributed by atoms with Crippen LogP contribution in [0.1, 0.15) is 28.8 Å². The van der Waals surface area contributed by atoms with Crippen LogP contribution in [0, 0.1) is 5.92 Å². The van der Waals surface area contributed by atoms with Crippen LogP contribution in [0.3, 0.4) is 0 Å². The van der Waals surface area contributed by atoms with Gasteiger partial charge in [0.2, 0.25) is 11.8 Å². The average Bonchev–Trinajstić information content (AvgIpc) is 3.54. The van der Waals surface area contributed by atoms with Gasteiger partial charge in [0, 0.05) is 16.5 Å². The number of thiazole rings is 1. The third kappa shape index (κ3) is 6.20. The number of anilines is 2. The summed E-state index contributed by atoms with van der Waals surface area (Å²) >= 11 is 1.82. The zero-order valence-electron chi connectivity index (χ0n) is 24.8. The van der Waals surface area contributed by atoms with E-state index in [4.69, 9.17) is 14.2 Å². The van der Waals surface area contributed by atoms with E-state index >= 15 is 0 Å². The molecule has 0 radical (unpaired) electrons. The van der Waals surface area contributed by atoms with Crippen LogP contribution >= 0.6 is 23.1 Å². The summed E-state index contributed by atoms with van der Waals surface area (Å²) in [6.45, 7) is 1.60. The molecule has 6 rings (SSSR count). The van der Waals surface area contributed by atoms with Gasteiger partial charge in [0.1, 0.15) is 11.0 Å². The number of H-pyrrole nitrogens is 1. The minimum Gasteiger partial charge on any atom is -0.497 e. The van der Waals surface area contributed by atoms with Crippen molar-refractivity contribution in [2.45, 2.75) is 29.3 Å². The molecule has 244 valence electrons. The lowest BCUT2D eigenvalue weighted by Gasteiger charge is -2.30. The molecule has 3 unspecified atom stereocenters. The first kappa shape index (κ1) is 32.2. The normalized spacial score (nSPS) is 18.8. The summed E-state index contributed by atoms with van der Waals surface area (Å²) in [6.07, 6.45) is -4.81. The van der Waals surface area contributed by atoms with Gasteiger partial charge in [-0.05, 0) is 61.0 Å². The number of thioether (sulfide) groups is 1. The average molecular weight is 686 g/mol. The molecule has 10 nitrogen and oxygen atoms in total. The van der Waals surface area contributed by atoms with Crippen molar-refractivity contribution in [1.82, 2.24) is 4.98 Å². The quantitative estimate of drug-likeness (QED) is 0.216. The molecule has 4 aromatic rings. The van der Waals surface area contributed by atoms with Crippen LogP contribution in [-0.4, -0.2) is 48.3 Å². The standard InChI is InChI=1S/C32H26F3N3O7S2/c1-3-44-22-14-16(8-13-21(22)45-15-23(39)36-17-9-11-18(43-2)12-10-17)24-25-27(46-28-26(24)47-31(42)37-28)30(41)38(29(25)40)20-7-5-4-6-19(20)32(33,34)35/h4-14,24-25,27H,3,15H2,1-2H3,(H,36,39)(H,37,42). The maximum atomic E-state index is 14.0. The number of halogens is 3. The highest BCUT2D eigenvalue weighted by Crippen LogP contribution is 2.54. The third-order valence-electron chi connectivity index (χ3n) is 7.63. The molecule has 2 aliphatic heterocycles. The van der Waals surface area contributed by atoms with Gasteiger partial charge in [-0.2, -0.15) is 13.2 Å². The van der Waals surface area contributed by atoms with Crippen LogP contribution in [0.2, 0.25) is 0 Å². The highest BCUT2D eigenvalue weighted by Gasteiger charge is 2.57. The van der Waals surface area contributed by atoms with E-state index in [9.17, 15) is 32.3 Å². The number of fused-ring (bicyclic) bond motifs is 2. The van der Waals surface area contributed by atoms with Crippen LogP contribution in [0.5, 0.6) is 17.2 Å². The molecule has 1 saturated heterocycles. The van der Waals surface area contributed by atoms with Gasteiger partial charge >= 0.3 is 11.0 Å². The fourth-order valence-electron chi connectivity index (χ4n) is 5.64. The van der Waals surface area contributed by atoms with Gasteiger partial charge in [-0.25, -0.2) is 4.90 Å². The second kappa shape index (κ2) is 12.8. The monoisotopic (exact) mass is 685 g/mol. The first-order valence-electron chi connectivity index (χ1n) is 14.3. The van der Waals surface area contributed by atoms with E-state index in [2.05, 4.69) is 10.3 Å². The van der Waals surface area contributed by atoms with Crippen LogP contribution < -0.4 is 29.3 Å². The number of hydrogen-bond acceptors (Lipinski definition) is 9. The molecule has 2 N–H and O–H groups in total. The summed E-state index contributed by atoms with van der Waals surface area (Å²) in [6, 6.07) is 15.9. The SMILES string of the molecule is CCOc1cc(C2c3sc(=O)[nH]c3SC3C(=O)N(c4ccccc4C(F)(F)F)C(=O)C32)ccc1OCC(=O)Nc1ccc(OC)cc1. The summed E-state index contributed by atoms with van der Waals surface area (Å²) in [5.74, 6) is -2.96. The van der Waals surface area contributed by atoms with E-state index in [1.54, 1.807) is 49.4 Å². The van der Waals surface area contributed by atoms with Crippen molar-refractivity contribution in [1.29, 1.82) is 0 Å². The molecule has 47 heavy (non-hydrogen) atoms. The van der Waals surface area contributed by atoms with Crippen molar-refractivity contribution >= 4 is 52.2 Å². The first-order valence-corrected chi connectivity index (χ1v) is 16.0. The number of carbonyl (C=O) groups excluding carboxylic acids is 3. The number of para-hydroxylation sites is 1. The number of rotatable bonds is 9. The lowest BCUT2D eigenvalue weighted by Crippen LogP contribution is -2.33. The third-order valence-corrected chi connectivity index (χ3v) is 10.0. The van der Waals surface area contributed by atoms with E-state index < -0.39 is 57.1 Å². The molecule has 15 heteroatoms. The number of alkyl halides is 3. The number of amides is 3. The van der Waals surface area contributed by atoms with Crippen molar-refractivity contribution in [2.24, 2.45) is 5.92 Å². The Morgan fingerprint density at radius 2 is 1.72 bits per heavy atom. The number of aromatic nitrogens is 1. The molecule has 0 saturated carbocycles. The number of nitrogens with zero attached hydrogens (tertiary/aromatic N) is 1. The highest BCUT2D eigenvalue weighted by molar-refractivity contribution is 8.00. The maximum Gasteiger partial charge on any atom is 0.418 e. The molecular weight excluding hydrogens is 659 g/mol. The number of ether oxygens (including phenoxy) is 3. The van der Waals surface area contributed by atoms with Gasteiger partial charge in [-0.1, -0.05) is 41.3 Å². The number of hydrogen-bond donors (Lipinski definition) is 2. The Morgan fingerprint density at radius 1 is 0.979 bits per heavy atom. The summed E-state index contributed by atoms with van der Waals surface area (Å²) in [4.78, 5) is 56.1. The predicted molar refractivity (Wildman–Crippen MR) is 169 cm³/mol. The van der Waals surface area contributed by atoms with Crippen molar-refractivity contribution < 1.29 is 41.8 Å². The van der Waals surface area contributed by atoms with Crippen LogP contribution in [0.25, 0.3) is 0 Å². The molecule has 0 spiro atoms. The molecule has 2 aliphatic rings. The molecule has 3 heterocycles. The van der Waals surface area contributed by atoms with Crippen molar-refractivity contribution in [3.8, 4) is 17.2 Å². The summed E-state index contributed by atoms with van der Waals surface area (Å²) in [5.41, 5.74) is -0.649. The number of carbonyl (C=O) groups is 3. The van der Waals surface area contributed by atoms with Gasteiger partial charge in [-0.15, -0.1) is 0 Å². The minimum absolute atomic E-state index is 0.215. The molecule has 3 atom stereocenters. The topological polar surface area (TPSA) is 127 Å². The van der Waals surface area contributed by atoms with E-state index in [0.29, 0.717) is 31.8 Å². The summed E-state index contributed by atoms with van der Waals surface area (Å²) < 4.78 is 58.5. The predicted octanol–water partition coefficient (Wildman–Crippen LogP) is 5.68. The molecule has 0 bridgehead atoms. The Labute approximate surface area is 273 Å². The van der Waals surface area contributed by atoms with Gasteiger partial charge in [0.25, 0.3) is 5.91 Å². The Balaban J connectivity index is 1.32. The van der Waals surface area contributed by atoms with Gasteiger partial charge in [-0.3, -0.25) is 19.2 Å². The van der Waals surface area contributed by atoms with Crippen molar-refractivity contribution in [2.75, 3.05) is 30.5 Å². The lowest BCUT2D eigenvalue weighted by molar-refractivity contribution is -0.137. The molecule has 0 aliphatic carbocycles. The van der Waals surface area contributed by atoms with Gasteiger partial charge < -0.3 is 24.5 Å².